The van der Waals surface area contributed by atoms with E-state index in [2.05, 4.69) is 9.97 Å². The Morgan fingerprint density at radius 3 is 2.95 bits per heavy atom. The number of aromatic nitrogens is 2. The molecule has 0 aliphatic rings. The van der Waals surface area contributed by atoms with Gasteiger partial charge in [0.1, 0.15) is 0 Å². The fourth-order valence-electron chi connectivity index (χ4n) is 1.97. The summed E-state index contributed by atoms with van der Waals surface area (Å²) in [6.07, 6.45) is 5.02. The lowest BCUT2D eigenvalue weighted by atomic mass is 10.0. The van der Waals surface area contributed by atoms with E-state index in [-0.39, 0.29) is 5.78 Å². The van der Waals surface area contributed by atoms with E-state index in [0.29, 0.717) is 21.8 Å². The second-order valence-corrected chi connectivity index (χ2v) is 4.60. The molecule has 3 aromatic rings. The maximum absolute atomic E-state index is 12.4. The third-order valence-electron chi connectivity index (χ3n) is 2.99. The van der Waals surface area contributed by atoms with Crippen LogP contribution in [0.15, 0.2) is 42.9 Å². The fourth-order valence-corrected chi connectivity index (χ4v) is 2.15. The first-order chi connectivity index (χ1) is 9.16. The molecule has 5 heteroatoms. The van der Waals surface area contributed by atoms with Crippen LogP contribution in [-0.2, 0) is 0 Å². The Bertz CT molecular complexity index is 779. The molecule has 0 saturated heterocycles. The largest absolute Gasteiger partial charge is 0.398 e. The first-order valence-electron chi connectivity index (χ1n) is 5.67. The lowest BCUT2D eigenvalue weighted by Crippen LogP contribution is -2.01. The van der Waals surface area contributed by atoms with E-state index >= 15 is 0 Å². The number of hydrogen-bond acceptors (Lipinski definition) is 3. The van der Waals surface area contributed by atoms with Crippen molar-refractivity contribution in [2.24, 2.45) is 0 Å². The molecular formula is C14H10ClN3O. The summed E-state index contributed by atoms with van der Waals surface area (Å²) in [6.45, 7) is 0. The number of aromatic amines is 1. The highest BCUT2D eigenvalue weighted by Crippen LogP contribution is 2.24. The average Bonchev–Trinajstić information content (AvgIpc) is 2.85. The number of benzene rings is 1. The Labute approximate surface area is 114 Å². The number of carbonyl (C=O) groups excluding carboxylic acids is 1. The van der Waals surface area contributed by atoms with Gasteiger partial charge in [0.15, 0.2) is 5.78 Å². The minimum Gasteiger partial charge on any atom is -0.398 e. The zero-order valence-corrected chi connectivity index (χ0v) is 10.6. The van der Waals surface area contributed by atoms with Crippen molar-refractivity contribution in [1.29, 1.82) is 0 Å². The third-order valence-corrected chi connectivity index (χ3v) is 3.32. The molecule has 0 aliphatic heterocycles. The summed E-state index contributed by atoms with van der Waals surface area (Å²) in [6, 6.07) is 6.69. The van der Waals surface area contributed by atoms with E-state index in [9.17, 15) is 4.79 Å². The minimum absolute atomic E-state index is 0.110. The minimum atomic E-state index is -0.110. The van der Waals surface area contributed by atoms with Gasteiger partial charge in [0.25, 0.3) is 0 Å². The van der Waals surface area contributed by atoms with Gasteiger partial charge in [-0.1, -0.05) is 11.6 Å². The number of pyridine rings is 1. The van der Waals surface area contributed by atoms with Crippen LogP contribution < -0.4 is 5.73 Å². The number of rotatable bonds is 2. The van der Waals surface area contributed by atoms with Crippen LogP contribution in [0.25, 0.3) is 10.9 Å². The van der Waals surface area contributed by atoms with Crippen molar-refractivity contribution in [3.05, 3.63) is 59.0 Å². The number of nitrogens with one attached hydrogen (secondary N) is 1. The molecule has 3 rings (SSSR count). The molecule has 94 valence electrons. The van der Waals surface area contributed by atoms with E-state index < -0.39 is 0 Å². The maximum Gasteiger partial charge on any atom is 0.195 e. The predicted molar refractivity (Wildman–Crippen MR) is 75.4 cm³/mol. The molecule has 3 N–H and O–H groups in total. The average molecular weight is 272 g/mol. The van der Waals surface area contributed by atoms with Crippen LogP contribution in [0.2, 0.25) is 5.02 Å². The highest BCUT2D eigenvalue weighted by molar-refractivity contribution is 6.33. The molecule has 0 unspecified atom stereocenters. The van der Waals surface area contributed by atoms with Crippen LogP contribution in [0, 0.1) is 0 Å². The number of hydrogen-bond donors (Lipinski definition) is 2. The van der Waals surface area contributed by atoms with Crippen molar-refractivity contribution in [1.82, 2.24) is 9.97 Å². The molecule has 0 bridgehead atoms. The molecule has 0 saturated carbocycles. The van der Waals surface area contributed by atoms with Crippen molar-refractivity contribution in [3.63, 3.8) is 0 Å². The molecule has 0 aliphatic carbocycles. The molecule has 0 spiro atoms. The summed E-state index contributed by atoms with van der Waals surface area (Å²) < 4.78 is 0. The maximum atomic E-state index is 12.4. The summed E-state index contributed by atoms with van der Waals surface area (Å²) >= 11 is 5.94. The third kappa shape index (κ3) is 1.96. The fraction of sp³-hybridized carbons (Fsp3) is 0. The summed E-state index contributed by atoms with van der Waals surface area (Å²) in [4.78, 5) is 19.5. The first-order valence-corrected chi connectivity index (χ1v) is 6.05. The van der Waals surface area contributed by atoms with Gasteiger partial charge in [0, 0.05) is 40.6 Å². The Morgan fingerprint density at radius 2 is 2.16 bits per heavy atom. The van der Waals surface area contributed by atoms with E-state index in [1.165, 1.54) is 0 Å². The van der Waals surface area contributed by atoms with Crippen molar-refractivity contribution in [2.45, 2.75) is 0 Å². The molecule has 0 fully saturated rings. The molecule has 0 atom stereocenters. The van der Waals surface area contributed by atoms with Gasteiger partial charge in [-0.25, -0.2) is 0 Å². The predicted octanol–water partition coefficient (Wildman–Crippen LogP) is 3.03. The number of fused-ring (bicyclic) bond motifs is 1. The van der Waals surface area contributed by atoms with E-state index in [4.69, 9.17) is 17.3 Å². The number of ketones is 1. The van der Waals surface area contributed by atoms with Crippen molar-refractivity contribution in [3.8, 4) is 0 Å². The highest BCUT2D eigenvalue weighted by atomic mass is 35.5. The number of H-pyrrole nitrogens is 1. The van der Waals surface area contributed by atoms with Crippen molar-refractivity contribution in [2.75, 3.05) is 5.73 Å². The molecule has 0 amide bonds. The van der Waals surface area contributed by atoms with Gasteiger partial charge in [-0.05, 0) is 24.3 Å². The first kappa shape index (κ1) is 11.7. The lowest BCUT2D eigenvalue weighted by molar-refractivity contribution is 0.104. The van der Waals surface area contributed by atoms with E-state index in [0.717, 1.165) is 10.9 Å². The van der Waals surface area contributed by atoms with Crippen LogP contribution in [0.1, 0.15) is 15.9 Å². The van der Waals surface area contributed by atoms with Gasteiger partial charge < -0.3 is 10.7 Å². The molecule has 1 aromatic carbocycles. The quantitative estimate of drug-likeness (QED) is 0.556. The summed E-state index contributed by atoms with van der Waals surface area (Å²) in [5.41, 5.74) is 8.05. The van der Waals surface area contributed by atoms with Gasteiger partial charge in [0.05, 0.1) is 10.7 Å². The number of carbonyl (C=O) groups is 1. The topological polar surface area (TPSA) is 71.8 Å². The Morgan fingerprint density at radius 1 is 1.32 bits per heavy atom. The van der Waals surface area contributed by atoms with Crippen LogP contribution in [0.5, 0.6) is 0 Å². The van der Waals surface area contributed by atoms with Crippen LogP contribution in [0.4, 0.5) is 5.69 Å². The van der Waals surface area contributed by atoms with Gasteiger partial charge in [-0.3, -0.25) is 9.78 Å². The van der Waals surface area contributed by atoms with E-state index in [1.54, 1.807) is 36.8 Å². The normalized spacial score (nSPS) is 10.8. The molecular weight excluding hydrogens is 262 g/mol. The number of nitrogens with two attached hydrogens (primary N) is 1. The van der Waals surface area contributed by atoms with Crippen molar-refractivity contribution >= 4 is 34.0 Å². The Kier molecular flexibility index (Phi) is 2.72. The Hall–Kier alpha value is -2.33. The summed E-state index contributed by atoms with van der Waals surface area (Å²) in [5, 5.41) is 1.17. The van der Waals surface area contributed by atoms with Gasteiger partial charge in [-0.2, -0.15) is 0 Å². The molecule has 4 nitrogen and oxygen atoms in total. The van der Waals surface area contributed by atoms with Crippen molar-refractivity contribution < 1.29 is 4.79 Å². The SMILES string of the molecule is Nc1ccc(C(=O)c2c[nH]c3ccncc23)cc1Cl. The highest BCUT2D eigenvalue weighted by Gasteiger charge is 2.15. The van der Waals surface area contributed by atoms with Crippen LogP contribution >= 0.6 is 11.6 Å². The lowest BCUT2D eigenvalue weighted by Gasteiger charge is -2.02. The van der Waals surface area contributed by atoms with Crippen LogP contribution in [-0.4, -0.2) is 15.8 Å². The molecule has 2 heterocycles. The monoisotopic (exact) mass is 271 g/mol. The number of nitrogens with zero attached hydrogens (tertiary/aromatic N) is 1. The summed E-state index contributed by atoms with van der Waals surface area (Å²) in [5.74, 6) is -0.110. The standard InChI is InChI=1S/C14H10ClN3O/c15-11-5-8(1-2-12(11)16)14(19)10-7-18-13-3-4-17-6-9(10)13/h1-7,18H,16H2. The smallest absolute Gasteiger partial charge is 0.195 e. The Balaban J connectivity index is 2.11. The van der Waals surface area contributed by atoms with Gasteiger partial charge in [-0.15, -0.1) is 0 Å². The van der Waals surface area contributed by atoms with Gasteiger partial charge in [0.2, 0.25) is 0 Å². The van der Waals surface area contributed by atoms with Crippen LogP contribution in [0.3, 0.4) is 0 Å². The molecule has 19 heavy (non-hydrogen) atoms. The molecule has 0 radical (unpaired) electrons. The second-order valence-electron chi connectivity index (χ2n) is 4.19. The number of nitrogen functional groups attached to an aromatic ring is 1. The number of anilines is 1. The number of halogens is 1. The van der Waals surface area contributed by atoms with Gasteiger partial charge >= 0.3 is 0 Å². The zero-order chi connectivity index (χ0) is 13.4. The summed E-state index contributed by atoms with van der Waals surface area (Å²) in [7, 11) is 0. The zero-order valence-electron chi connectivity index (χ0n) is 9.85. The second kappa shape index (κ2) is 4.40. The molecule has 2 aromatic heterocycles. The van der Waals surface area contributed by atoms with E-state index in [1.807, 2.05) is 6.07 Å².